The number of carbonyl (C=O) groups excluding carboxylic acids is 1. The maximum atomic E-state index is 14.3. The van der Waals surface area contributed by atoms with Crippen molar-refractivity contribution in [2.75, 3.05) is 5.32 Å². The minimum atomic E-state index is -0.856. The number of aryl methyl sites for hydroxylation is 1. The molecule has 0 radical (unpaired) electrons. The summed E-state index contributed by atoms with van der Waals surface area (Å²) in [5, 5.41) is 13.2. The molecule has 2 N–H and O–H groups in total. The summed E-state index contributed by atoms with van der Waals surface area (Å²) in [7, 11) is 0. The van der Waals surface area contributed by atoms with Crippen molar-refractivity contribution in [1.29, 1.82) is 0 Å². The molecule has 4 aromatic carbocycles. The summed E-state index contributed by atoms with van der Waals surface area (Å²) in [5.74, 6) is -1.21. The van der Waals surface area contributed by atoms with Crippen molar-refractivity contribution in [3.8, 4) is 5.75 Å². The quantitative estimate of drug-likeness (QED) is 0.262. The highest BCUT2D eigenvalue weighted by Crippen LogP contribution is 2.29. The largest absolute Gasteiger partial charge is 0.489 e. The highest BCUT2D eigenvalue weighted by molar-refractivity contribution is 5.99. The molecule has 0 heterocycles. The van der Waals surface area contributed by atoms with Gasteiger partial charge in [0.05, 0.1) is 5.92 Å². The molecule has 0 bridgehead atoms. The number of aliphatic carboxylic acids is 1. The molecule has 6 heteroatoms. The van der Waals surface area contributed by atoms with E-state index in [9.17, 15) is 14.0 Å². The number of carboxylic acids is 1. The topological polar surface area (TPSA) is 75.6 Å². The molecule has 1 unspecified atom stereocenters. The van der Waals surface area contributed by atoms with Crippen molar-refractivity contribution in [1.82, 2.24) is 0 Å². The number of benzene rings is 4. The molecule has 0 aliphatic heterocycles. The van der Waals surface area contributed by atoms with Crippen molar-refractivity contribution in [2.24, 2.45) is 0 Å². The molecule has 0 aliphatic carbocycles. The van der Waals surface area contributed by atoms with Crippen LogP contribution in [-0.2, 0) is 22.6 Å². The van der Waals surface area contributed by atoms with E-state index in [1.165, 1.54) is 6.07 Å². The second kappa shape index (κ2) is 11.5. The first-order chi connectivity index (χ1) is 17.4. The van der Waals surface area contributed by atoms with Gasteiger partial charge in [-0.1, -0.05) is 60.7 Å². The lowest BCUT2D eigenvalue weighted by Crippen LogP contribution is -2.20. The summed E-state index contributed by atoms with van der Waals surface area (Å²) in [5.41, 5.74) is 3.08. The molecular weight excluding hydrogens is 457 g/mol. The van der Waals surface area contributed by atoms with Crippen LogP contribution in [-0.4, -0.2) is 17.0 Å². The average Bonchev–Trinajstić information content (AvgIpc) is 2.89. The van der Waals surface area contributed by atoms with Gasteiger partial charge >= 0.3 is 5.97 Å². The molecule has 0 saturated heterocycles. The lowest BCUT2D eigenvalue weighted by Gasteiger charge is -2.18. The van der Waals surface area contributed by atoms with E-state index < -0.39 is 11.9 Å². The monoisotopic (exact) mass is 485 g/mol. The standard InChI is InChI=1S/C30H28FNO4/c1-20(24-16-17-27(31)26-12-6-5-11-25(24)26)30(35)32-28-18-21(19-36-23-9-3-2-4-10-23)14-15-22(28)8-7-13-29(33)34/h2-6,9-12,14-18,20H,7-8,13,19H2,1H3,(H,32,35)(H,33,34). The molecule has 4 aromatic rings. The van der Waals surface area contributed by atoms with E-state index >= 15 is 0 Å². The molecule has 4 rings (SSSR count). The zero-order valence-electron chi connectivity index (χ0n) is 20.0. The van der Waals surface area contributed by atoms with E-state index in [4.69, 9.17) is 9.84 Å². The van der Waals surface area contributed by atoms with Crippen LogP contribution < -0.4 is 10.1 Å². The van der Waals surface area contributed by atoms with Gasteiger partial charge in [-0.15, -0.1) is 0 Å². The fraction of sp³-hybridized carbons (Fsp3) is 0.200. The normalized spacial score (nSPS) is 11.7. The van der Waals surface area contributed by atoms with E-state index in [0.717, 1.165) is 22.4 Å². The number of nitrogens with one attached hydrogen (secondary N) is 1. The van der Waals surface area contributed by atoms with Crippen LogP contribution in [0.3, 0.4) is 0 Å². The number of para-hydroxylation sites is 1. The van der Waals surface area contributed by atoms with Crippen LogP contribution in [0, 0.1) is 5.82 Å². The summed E-state index contributed by atoms with van der Waals surface area (Å²) in [6.07, 6.45) is 1.01. The molecule has 0 saturated carbocycles. The summed E-state index contributed by atoms with van der Waals surface area (Å²) in [4.78, 5) is 24.3. The van der Waals surface area contributed by atoms with Crippen LogP contribution in [0.5, 0.6) is 5.75 Å². The summed E-state index contributed by atoms with van der Waals surface area (Å²) in [6, 6.07) is 25.3. The molecule has 0 fully saturated rings. The van der Waals surface area contributed by atoms with Gasteiger partial charge in [0.25, 0.3) is 0 Å². The van der Waals surface area contributed by atoms with Crippen molar-refractivity contribution in [3.63, 3.8) is 0 Å². The number of fused-ring (bicyclic) bond motifs is 1. The predicted octanol–water partition coefficient (Wildman–Crippen LogP) is 6.71. The van der Waals surface area contributed by atoms with Crippen LogP contribution in [0.4, 0.5) is 10.1 Å². The SMILES string of the molecule is CC(C(=O)Nc1cc(COc2ccccc2)ccc1CCCC(=O)O)c1ccc(F)c2ccccc12. The zero-order chi connectivity index (χ0) is 25.5. The number of carbonyl (C=O) groups is 2. The number of rotatable bonds is 10. The van der Waals surface area contributed by atoms with E-state index in [2.05, 4.69) is 5.32 Å². The van der Waals surface area contributed by atoms with Crippen LogP contribution in [0.15, 0.2) is 84.9 Å². The first kappa shape index (κ1) is 24.9. The highest BCUT2D eigenvalue weighted by Gasteiger charge is 2.20. The van der Waals surface area contributed by atoms with Gasteiger partial charge in [0.2, 0.25) is 5.91 Å². The predicted molar refractivity (Wildman–Crippen MR) is 139 cm³/mol. The van der Waals surface area contributed by atoms with Crippen LogP contribution in [0.2, 0.25) is 0 Å². The van der Waals surface area contributed by atoms with Gasteiger partial charge in [-0.2, -0.15) is 0 Å². The van der Waals surface area contributed by atoms with E-state index in [1.807, 2.05) is 60.7 Å². The Bertz CT molecular complexity index is 1370. The minimum absolute atomic E-state index is 0.0459. The summed E-state index contributed by atoms with van der Waals surface area (Å²) < 4.78 is 20.1. The smallest absolute Gasteiger partial charge is 0.303 e. The summed E-state index contributed by atoms with van der Waals surface area (Å²) in [6.45, 7) is 2.11. The molecule has 184 valence electrons. The van der Waals surface area contributed by atoms with Crippen LogP contribution in [0.1, 0.15) is 42.4 Å². The zero-order valence-corrected chi connectivity index (χ0v) is 20.0. The van der Waals surface area contributed by atoms with Gasteiger partial charge in [0.15, 0.2) is 0 Å². The first-order valence-corrected chi connectivity index (χ1v) is 11.9. The number of anilines is 1. The number of ether oxygens (including phenoxy) is 1. The number of hydrogen-bond donors (Lipinski definition) is 2. The van der Waals surface area contributed by atoms with Gasteiger partial charge in [0, 0.05) is 17.5 Å². The molecular formula is C30H28FNO4. The fourth-order valence-corrected chi connectivity index (χ4v) is 4.21. The molecule has 1 atom stereocenters. The van der Waals surface area contributed by atoms with E-state index in [1.54, 1.807) is 25.1 Å². The Hall–Kier alpha value is -4.19. The Morgan fingerprint density at radius 3 is 2.42 bits per heavy atom. The van der Waals surface area contributed by atoms with Crippen molar-refractivity contribution in [3.05, 3.63) is 107 Å². The fourth-order valence-electron chi connectivity index (χ4n) is 4.21. The molecule has 0 spiro atoms. The van der Waals surface area contributed by atoms with Crippen LogP contribution >= 0.6 is 0 Å². The Labute approximate surface area is 209 Å². The maximum absolute atomic E-state index is 14.3. The van der Waals surface area contributed by atoms with Gasteiger partial charge in [0.1, 0.15) is 18.2 Å². The lowest BCUT2D eigenvalue weighted by molar-refractivity contribution is -0.137. The minimum Gasteiger partial charge on any atom is -0.489 e. The van der Waals surface area contributed by atoms with E-state index in [-0.39, 0.29) is 18.1 Å². The molecule has 36 heavy (non-hydrogen) atoms. The second-order valence-corrected chi connectivity index (χ2v) is 8.73. The molecule has 5 nitrogen and oxygen atoms in total. The third-order valence-electron chi connectivity index (χ3n) is 6.18. The van der Waals surface area contributed by atoms with Gasteiger partial charge in [-0.05, 0) is 66.1 Å². The van der Waals surface area contributed by atoms with Crippen LogP contribution in [0.25, 0.3) is 10.8 Å². The Morgan fingerprint density at radius 2 is 1.67 bits per heavy atom. The summed E-state index contributed by atoms with van der Waals surface area (Å²) >= 11 is 0. The Balaban J connectivity index is 1.57. The first-order valence-electron chi connectivity index (χ1n) is 11.9. The van der Waals surface area contributed by atoms with Crippen molar-refractivity contribution < 1.29 is 23.8 Å². The third-order valence-corrected chi connectivity index (χ3v) is 6.18. The van der Waals surface area contributed by atoms with Gasteiger partial charge in [-0.3, -0.25) is 9.59 Å². The molecule has 1 amide bonds. The highest BCUT2D eigenvalue weighted by atomic mass is 19.1. The molecule has 0 aromatic heterocycles. The number of hydrogen-bond acceptors (Lipinski definition) is 3. The third kappa shape index (κ3) is 6.08. The lowest BCUT2D eigenvalue weighted by atomic mass is 9.93. The van der Waals surface area contributed by atoms with Gasteiger partial charge in [-0.25, -0.2) is 4.39 Å². The van der Waals surface area contributed by atoms with Crippen molar-refractivity contribution >= 4 is 28.3 Å². The van der Waals surface area contributed by atoms with E-state index in [0.29, 0.717) is 35.9 Å². The average molecular weight is 486 g/mol. The number of amides is 1. The number of halogens is 1. The Kier molecular flexibility index (Phi) is 7.95. The molecule has 0 aliphatic rings. The van der Waals surface area contributed by atoms with Crippen molar-refractivity contribution in [2.45, 2.75) is 38.7 Å². The number of carboxylic acid groups (broad SMARTS) is 1. The maximum Gasteiger partial charge on any atom is 0.303 e. The van der Waals surface area contributed by atoms with Gasteiger partial charge < -0.3 is 15.2 Å². The Morgan fingerprint density at radius 1 is 0.944 bits per heavy atom. The second-order valence-electron chi connectivity index (χ2n) is 8.73.